The quantitative estimate of drug-likeness (QED) is 0.511. The van der Waals surface area contributed by atoms with Crippen molar-refractivity contribution in [2.24, 2.45) is 0 Å². The third kappa shape index (κ3) is 3.75. The van der Waals surface area contributed by atoms with E-state index in [1.807, 2.05) is 37.3 Å². The number of hydrogen-bond acceptors (Lipinski definition) is 4. The smallest absolute Gasteiger partial charge is 0.263 e. The van der Waals surface area contributed by atoms with Crippen molar-refractivity contribution in [3.05, 3.63) is 71.5 Å². The van der Waals surface area contributed by atoms with Gasteiger partial charge in [0.1, 0.15) is 9.88 Å². The molecule has 27 heavy (non-hydrogen) atoms. The first-order valence-electron chi connectivity index (χ1n) is 8.93. The van der Waals surface area contributed by atoms with Gasteiger partial charge in [-0.15, -0.1) is 11.3 Å². The van der Waals surface area contributed by atoms with E-state index in [0.29, 0.717) is 11.4 Å². The van der Waals surface area contributed by atoms with Crippen molar-refractivity contribution in [3.8, 4) is 10.7 Å². The molecule has 0 spiro atoms. The number of fused-ring (bicyclic) bond motifs is 1. The molecule has 3 aromatic heterocycles. The lowest BCUT2D eigenvalue weighted by atomic mass is 10.2. The molecule has 0 saturated heterocycles. The SMILES string of the molecule is Cc1nc(-c2ccccn2)sc1C(=O)NCCCn1ccc2ccccc21. The molecular weight excluding hydrogens is 356 g/mol. The summed E-state index contributed by atoms with van der Waals surface area (Å²) in [6.45, 7) is 3.36. The highest BCUT2D eigenvalue weighted by molar-refractivity contribution is 7.17. The molecule has 0 bridgehead atoms. The molecule has 0 fully saturated rings. The Kier molecular flexibility index (Phi) is 4.98. The summed E-state index contributed by atoms with van der Waals surface area (Å²) in [4.78, 5) is 22.0. The molecule has 0 aliphatic carbocycles. The predicted octanol–water partition coefficient (Wildman–Crippen LogP) is 4.29. The molecular formula is C21H20N4OS. The van der Waals surface area contributed by atoms with Crippen LogP contribution in [-0.2, 0) is 6.54 Å². The van der Waals surface area contributed by atoms with E-state index in [4.69, 9.17) is 0 Å². The van der Waals surface area contributed by atoms with Crippen LogP contribution in [-0.4, -0.2) is 27.0 Å². The van der Waals surface area contributed by atoms with Crippen LogP contribution in [0.1, 0.15) is 21.8 Å². The fourth-order valence-corrected chi connectivity index (χ4v) is 4.03. The van der Waals surface area contributed by atoms with Gasteiger partial charge in [0, 0.05) is 31.0 Å². The molecule has 0 saturated carbocycles. The van der Waals surface area contributed by atoms with Crippen LogP contribution in [0.3, 0.4) is 0 Å². The number of aromatic nitrogens is 3. The van der Waals surface area contributed by atoms with Crippen LogP contribution in [0, 0.1) is 6.92 Å². The second-order valence-electron chi connectivity index (χ2n) is 6.33. The van der Waals surface area contributed by atoms with Crippen molar-refractivity contribution >= 4 is 28.1 Å². The molecule has 0 unspecified atom stereocenters. The predicted molar refractivity (Wildman–Crippen MR) is 109 cm³/mol. The number of para-hydroxylation sites is 1. The number of nitrogens with one attached hydrogen (secondary N) is 1. The molecule has 6 heteroatoms. The Balaban J connectivity index is 1.35. The van der Waals surface area contributed by atoms with Crippen LogP contribution in [0.4, 0.5) is 0 Å². The summed E-state index contributed by atoms with van der Waals surface area (Å²) < 4.78 is 2.22. The zero-order chi connectivity index (χ0) is 18.6. The lowest BCUT2D eigenvalue weighted by Crippen LogP contribution is -2.25. The highest BCUT2D eigenvalue weighted by Gasteiger charge is 2.16. The Morgan fingerprint density at radius 2 is 2.00 bits per heavy atom. The van der Waals surface area contributed by atoms with Crippen molar-refractivity contribution < 1.29 is 4.79 Å². The average Bonchev–Trinajstić information content (AvgIpc) is 3.29. The van der Waals surface area contributed by atoms with Crippen molar-refractivity contribution in [3.63, 3.8) is 0 Å². The molecule has 1 amide bonds. The molecule has 3 heterocycles. The van der Waals surface area contributed by atoms with Crippen LogP contribution in [0.15, 0.2) is 60.9 Å². The Morgan fingerprint density at radius 1 is 1.15 bits per heavy atom. The number of carbonyl (C=O) groups is 1. The first kappa shape index (κ1) is 17.4. The Morgan fingerprint density at radius 3 is 2.85 bits per heavy atom. The molecule has 4 aromatic rings. The summed E-state index contributed by atoms with van der Waals surface area (Å²) in [5.41, 5.74) is 2.76. The number of nitrogens with zero attached hydrogens (tertiary/aromatic N) is 3. The van der Waals surface area contributed by atoms with E-state index in [0.717, 1.165) is 29.4 Å². The van der Waals surface area contributed by atoms with E-state index >= 15 is 0 Å². The number of thiazole rings is 1. The van der Waals surface area contributed by atoms with Gasteiger partial charge in [-0.3, -0.25) is 9.78 Å². The third-order valence-electron chi connectivity index (χ3n) is 4.43. The molecule has 0 radical (unpaired) electrons. The normalized spacial score (nSPS) is 11.0. The Bertz CT molecular complexity index is 1070. The number of rotatable bonds is 6. The van der Waals surface area contributed by atoms with Gasteiger partial charge in [-0.25, -0.2) is 4.98 Å². The first-order chi connectivity index (χ1) is 13.2. The van der Waals surface area contributed by atoms with Gasteiger partial charge < -0.3 is 9.88 Å². The maximum absolute atomic E-state index is 12.5. The maximum Gasteiger partial charge on any atom is 0.263 e. The molecule has 0 aliphatic heterocycles. The highest BCUT2D eigenvalue weighted by atomic mass is 32.1. The van der Waals surface area contributed by atoms with Gasteiger partial charge >= 0.3 is 0 Å². The first-order valence-corrected chi connectivity index (χ1v) is 9.75. The summed E-state index contributed by atoms with van der Waals surface area (Å²) in [6, 6.07) is 16.1. The summed E-state index contributed by atoms with van der Waals surface area (Å²) in [5, 5.41) is 5.03. The summed E-state index contributed by atoms with van der Waals surface area (Å²) >= 11 is 1.39. The van der Waals surface area contributed by atoms with Crippen LogP contribution < -0.4 is 5.32 Å². The van der Waals surface area contributed by atoms with E-state index in [2.05, 4.69) is 44.2 Å². The van der Waals surface area contributed by atoms with Crippen LogP contribution in [0.25, 0.3) is 21.6 Å². The fourth-order valence-electron chi connectivity index (χ4n) is 3.07. The van der Waals surface area contributed by atoms with Gasteiger partial charge in [-0.05, 0) is 43.0 Å². The minimum Gasteiger partial charge on any atom is -0.351 e. The summed E-state index contributed by atoms with van der Waals surface area (Å²) in [5.74, 6) is -0.0652. The standard InChI is InChI=1S/C21H20N4OS/c1-15-19(27-21(24-15)17-8-4-5-11-22-17)20(26)23-12-6-13-25-14-10-16-7-2-3-9-18(16)25/h2-5,7-11,14H,6,12-13H2,1H3,(H,23,26). The van der Waals surface area contributed by atoms with E-state index < -0.39 is 0 Å². The number of pyridine rings is 1. The lowest BCUT2D eigenvalue weighted by Gasteiger charge is -2.07. The topological polar surface area (TPSA) is 59.8 Å². The molecule has 0 aliphatic rings. The fraction of sp³-hybridized carbons (Fsp3) is 0.190. The number of benzene rings is 1. The van der Waals surface area contributed by atoms with E-state index in [1.54, 1.807) is 6.20 Å². The summed E-state index contributed by atoms with van der Waals surface area (Å²) in [7, 11) is 0. The summed E-state index contributed by atoms with van der Waals surface area (Å²) in [6.07, 6.45) is 4.70. The van der Waals surface area contributed by atoms with Gasteiger partial charge in [0.2, 0.25) is 0 Å². The van der Waals surface area contributed by atoms with Gasteiger partial charge in [-0.1, -0.05) is 24.3 Å². The minimum atomic E-state index is -0.0652. The number of hydrogen-bond donors (Lipinski definition) is 1. The van der Waals surface area contributed by atoms with Crippen LogP contribution in [0.2, 0.25) is 0 Å². The third-order valence-corrected chi connectivity index (χ3v) is 5.61. The van der Waals surface area contributed by atoms with Crippen molar-refractivity contribution in [2.75, 3.05) is 6.54 Å². The zero-order valence-corrected chi connectivity index (χ0v) is 15.9. The van der Waals surface area contributed by atoms with E-state index in [9.17, 15) is 4.79 Å². The zero-order valence-electron chi connectivity index (χ0n) is 15.1. The highest BCUT2D eigenvalue weighted by Crippen LogP contribution is 2.26. The van der Waals surface area contributed by atoms with Crippen molar-refractivity contribution in [1.82, 2.24) is 19.9 Å². The van der Waals surface area contributed by atoms with Gasteiger partial charge in [-0.2, -0.15) is 0 Å². The minimum absolute atomic E-state index is 0.0652. The van der Waals surface area contributed by atoms with Gasteiger partial charge in [0.25, 0.3) is 5.91 Å². The largest absolute Gasteiger partial charge is 0.351 e. The molecule has 0 atom stereocenters. The molecule has 5 nitrogen and oxygen atoms in total. The Hall–Kier alpha value is -2.99. The van der Waals surface area contributed by atoms with Crippen molar-refractivity contribution in [2.45, 2.75) is 19.9 Å². The van der Waals surface area contributed by atoms with Gasteiger partial charge in [0.05, 0.1) is 11.4 Å². The van der Waals surface area contributed by atoms with Crippen molar-refractivity contribution in [1.29, 1.82) is 0 Å². The number of amides is 1. The van der Waals surface area contributed by atoms with E-state index in [1.165, 1.54) is 22.2 Å². The second-order valence-corrected chi connectivity index (χ2v) is 7.33. The molecule has 1 aromatic carbocycles. The second kappa shape index (κ2) is 7.72. The monoisotopic (exact) mass is 376 g/mol. The molecule has 136 valence electrons. The average molecular weight is 376 g/mol. The molecule has 1 N–H and O–H groups in total. The number of aryl methyl sites for hydroxylation is 2. The van der Waals surface area contributed by atoms with Crippen LogP contribution >= 0.6 is 11.3 Å². The van der Waals surface area contributed by atoms with Gasteiger partial charge in [0.15, 0.2) is 0 Å². The van der Waals surface area contributed by atoms with E-state index in [-0.39, 0.29) is 5.91 Å². The lowest BCUT2D eigenvalue weighted by molar-refractivity contribution is 0.0956. The Labute approximate surface area is 161 Å². The molecule has 4 rings (SSSR count). The van der Waals surface area contributed by atoms with Crippen LogP contribution in [0.5, 0.6) is 0 Å². The maximum atomic E-state index is 12.5. The number of carbonyl (C=O) groups excluding carboxylic acids is 1.